The molecule has 1 unspecified atom stereocenters. The zero-order chi connectivity index (χ0) is 8.93. The molecule has 2 aliphatic carbocycles. The Morgan fingerprint density at radius 1 is 1.25 bits per heavy atom. The molecule has 0 aromatic carbocycles. The van der Waals surface area contributed by atoms with Gasteiger partial charge in [-0.05, 0) is 35.3 Å². The number of allylic oxidation sites excluding steroid dienone is 4. The minimum atomic E-state index is 0.377. The Bertz CT molecular complexity index is 271. The summed E-state index contributed by atoms with van der Waals surface area (Å²) in [6, 6.07) is 0. The molecule has 0 heteroatoms. The Morgan fingerprint density at radius 3 is 2.17 bits per heavy atom. The molecule has 0 aromatic heterocycles. The van der Waals surface area contributed by atoms with Crippen LogP contribution in [0.2, 0.25) is 0 Å². The topological polar surface area (TPSA) is 0 Å². The predicted molar refractivity (Wildman–Crippen MR) is 53.0 cm³/mol. The zero-order valence-electron chi connectivity index (χ0n) is 8.57. The van der Waals surface area contributed by atoms with Crippen molar-refractivity contribution in [2.45, 2.75) is 40.5 Å². The molecule has 0 saturated carbocycles. The van der Waals surface area contributed by atoms with Gasteiger partial charge in [0.1, 0.15) is 0 Å². The lowest BCUT2D eigenvalue weighted by Crippen LogP contribution is -2.09. The van der Waals surface area contributed by atoms with Crippen molar-refractivity contribution in [3.63, 3.8) is 0 Å². The van der Waals surface area contributed by atoms with Gasteiger partial charge in [0.15, 0.2) is 0 Å². The van der Waals surface area contributed by atoms with E-state index in [9.17, 15) is 0 Å². The fraction of sp³-hybridized carbons (Fsp3) is 0.667. The lowest BCUT2D eigenvalue weighted by Gasteiger charge is -2.21. The first-order valence-corrected chi connectivity index (χ1v) is 4.95. The SMILES string of the molecule is CC1C=C2CCC1=C2C(C)(C)C. The van der Waals surface area contributed by atoms with E-state index in [0.717, 1.165) is 5.92 Å². The fourth-order valence-corrected chi connectivity index (χ4v) is 2.71. The van der Waals surface area contributed by atoms with Crippen molar-refractivity contribution < 1.29 is 0 Å². The van der Waals surface area contributed by atoms with Gasteiger partial charge < -0.3 is 0 Å². The molecule has 0 aliphatic heterocycles. The zero-order valence-corrected chi connectivity index (χ0v) is 8.57. The summed E-state index contributed by atoms with van der Waals surface area (Å²) in [5.74, 6) is 0.739. The van der Waals surface area contributed by atoms with Gasteiger partial charge in [0, 0.05) is 0 Å². The smallest absolute Gasteiger partial charge is 0.00395 e. The van der Waals surface area contributed by atoms with E-state index in [4.69, 9.17) is 0 Å². The highest BCUT2D eigenvalue weighted by Crippen LogP contribution is 2.50. The van der Waals surface area contributed by atoms with Crippen LogP contribution < -0.4 is 0 Å². The summed E-state index contributed by atoms with van der Waals surface area (Å²) in [5.41, 5.74) is 5.42. The van der Waals surface area contributed by atoms with Gasteiger partial charge in [0.25, 0.3) is 0 Å². The third kappa shape index (κ3) is 0.972. The molecule has 1 atom stereocenters. The first kappa shape index (κ1) is 8.10. The molecule has 0 spiro atoms. The molecule has 0 aromatic rings. The molecule has 0 heterocycles. The summed E-state index contributed by atoms with van der Waals surface area (Å²) in [7, 11) is 0. The van der Waals surface area contributed by atoms with Crippen molar-refractivity contribution >= 4 is 0 Å². The lowest BCUT2D eigenvalue weighted by atomic mass is 9.83. The molecule has 12 heavy (non-hydrogen) atoms. The molecule has 0 nitrogen and oxygen atoms in total. The van der Waals surface area contributed by atoms with Crippen molar-refractivity contribution in [3.8, 4) is 0 Å². The average Bonchev–Trinajstić information content (AvgIpc) is 2.39. The molecule has 0 saturated heterocycles. The molecule has 0 N–H and O–H groups in total. The summed E-state index contributed by atoms with van der Waals surface area (Å²) >= 11 is 0. The highest BCUT2D eigenvalue weighted by atomic mass is 14.4. The van der Waals surface area contributed by atoms with Gasteiger partial charge in [0.05, 0.1) is 0 Å². The van der Waals surface area contributed by atoms with E-state index in [-0.39, 0.29) is 0 Å². The van der Waals surface area contributed by atoms with Crippen LogP contribution >= 0.6 is 0 Å². The van der Waals surface area contributed by atoms with Crippen LogP contribution in [0.1, 0.15) is 40.5 Å². The predicted octanol–water partition coefficient (Wildman–Crippen LogP) is 3.70. The maximum Gasteiger partial charge on any atom is -0.00395 e. The minimum absolute atomic E-state index is 0.377. The van der Waals surface area contributed by atoms with Crippen molar-refractivity contribution in [3.05, 3.63) is 22.8 Å². The van der Waals surface area contributed by atoms with Crippen LogP contribution in [0.5, 0.6) is 0 Å². The quantitative estimate of drug-likeness (QED) is 0.509. The van der Waals surface area contributed by atoms with E-state index in [1.54, 1.807) is 16.7 Å². The fourth-order valence-electron chi connectivity index (χ4n) is 2.71. The second-order valence-corrected chi connectivity index (χ2v) is 5.13. The average molecular weight is 162 g/mol. The molecule has 2 bridgehead atoms. The van der Waals surface area contributed by atoms with Crippen molar-refractivity contribution in [1.29, 1.82) is 0 Å². The van der Waals surface area contributed by atoms with Gasteiger partial charge in [-0.15, -0.1) is 0 Å². The maximum absolute atomic E-state index is 2.46. The van der Waals surface area contributed by atoms with Gasteiger partial charge in [-0.1, -0.05) is 39.3 Å². The largest absolute Gasteiger partial charge is 0.0741 e. The van der Waals surface area contributed by atoms with Crippen LogP contribution in [0.25, 0.3) is 0 Å². The van der Waals surface area contributed by atoms with Gasteiger partial charge in [0.2, 0.25) is 0 Å². The number of hydrogen-bond acceptors (Lipinski definition) is 0. The van der Waals surface area contributed by atoms with Gasteiger partial charge in [-0.3, -0.25) is 0 Å². The van der Waals surface area contributed by atoms with E-state index in [1.165, 1.54) is 12.8 Å². The maximum atomic E-state index is 2.46. The first-order chi connectivity index (χ1) is 5.50. The van der Waals surface area contributed by atoms with Crippen molar-refractivity contribution in [1.82, 2.24) is 0 Å². The highest BCUT2D eigenvalue weighted by Gasteiger charge is 2.34. The molecule has 2 rings (SSSR count). The molecule has 2 aliphatic rings. The highest BCUT2D eigenvalue weighted by molar-refractivity contribution is 5.52. The van der Waals surface area contributed by atoms with Gasteiger partial charge in [-0.2, -0.15) is 0 Å². The normalized spacial score (nSPS) is 28.3. The summed E-state index contributed by atoms with van der Waals surface area (Å²) in [6.45, 7) is 9.33. The molecule has 0 amide bonds. The van der Waals surface area contributed by atoms with Crippen molar-refractivity contribution in [2.24, 2.45) is 11.3 Å². The molecule has 0 fully saturated rings. The van der Waals surface area contributed by atoms with E-state index >= 15 is 0 Å². The van der Waals surface area contributed by atoms with E-state index in [2.05, 4.69) is 33.8 Å². The Kier molecular flexibility index (Phi) is 1.51. The van der Waals surface area contributed by atoms with Gasteiger partial charge in [-0.25, -0.2) is 0 Å². The van der Waals surface area contributed by atoms with Crippen molar-refractivity contribution in [2.75, 3.05) is 0 Å². The van der Waals surface area contributed by atoms with E-state index < -0.39 is 0 Å². The molecular formula is C12H18. The van der Waals surface area contributed by atoms with Gasteiger partial charge >= 0.3 is 0 Å². The van der Waals surface area contributed by atoms with E-state index in [1.807, 2.05) is 0 Å². The second kappa shape index (κ2) is 2.25. The summed E-state index contributed by atoms with van der Waals surface area (Å²) in [5, 5.41) is 0. The summed E-state index contributed by atoms with van der Waals surface area (Å²) in [4.78, 5) is 0. The monoisotopic (exact) mass is 162 g/mol. The Labute approximate surface area is 75.4 Å². The Morgan fingerprint density at radius 2 is 1.92 bits per heavy atom. The van der Waals surface area contributed by atoms with Crippen LogP contribution in [0.3, 0.4) is 0 Å². The Hall–Kier alpha value is -0.520. The van der Waals surface area contributed by atoms with Crippen LogP contribution in [-0.2, 0) is 0 Å². The minimum Gasteiger partial charge on any atom is -0.0741 e. The Balaban J connectivity index is 2.45. The number of hydrogen-bond donors (Lipinski definition) is 0. The van der Waals surface area contributed by atoms with Crippen LogP contribution in [0, 0.1) is 11.3 Å². The van der Waals surface area contributed by atoms with Crippen LogP contribution in [0.4, 0.5) is 0 Å². The van der Waals surface area contributed by atoms with Crippen LogP contribution in [-0.4, -0.2) is 0 Å². The number of rotatable bonds is 0. The van der Waals surface area contributed by atoms with Crippen LogP contribution in [0.15, 0.2) is 22.8 Å². The van der Waals surface area contributed by atoms with E-state index in [0.29, 0.717) is 5.41 Å². The third-order valence-corrected chi connectivity index (χ3v) is 3.06. The summed E-state index contributed by atoms with van der Waals surface area (Å²) in [6.07, 6.45) is 5.10. The standard InChI is InChI=1S/C12H18/c1-8-7-9-5-6-10(8)11(9)12(2,3)4/h7-8H,5-6H2,1-4H3. The number of fused-ring (bicyclic) bond motifs is 1. The second-order valence-electron chi connectivity index (χ2n) is 5.13. The third-order valence-electron chi connectivity index (χ3n) is 3.06. The molecular weight excluding hydrogens is 144 g/mol. The summed E-state index contributed by atoms with van der Waals surface area (Å²) < 4.78 is 0. The molecule has 0 radical (unpaired) electrons. The lowest BCUT2D eigenvalue weighted by molar-refractivity contribution is 0.510. The molecule has 66 valence electrons. The first-order valence-electron chi connectivity index (χ1n) is 4.95.